The maximum Gasteiger partial charge on any atom is 0.0713 e. The molecule has 706 valence electrons. The quantitative estimate of drug-likeness (QED) is 0.0799. The molecule has 0 atom stereocenters. The fraction of sp³-hybridized carbons (Fsp3) is 0.0204. The van der Waals surface area contributed by atoms with Gasteiger partial charge in [0.2, 0.25) is 0 Å². The van der Waals surface area contributed by atoms with Crippen molar-refractivity contribution in [3.63, 3.8) is 0 Å². The molecule has 28 rings (SSSR count). The molecular formula is C147H103N3. The van der Waals surface area contributed by atoms with E-state index in [0.29, 0.717) is 0 Å². The van der Waals surface area contributed by atoms with Gasteiger partial charge in [0.15, 0.2) is 0 Å². The summed E-state index contributed by atoms with van der Waals surface area (Å²) in [4.78, 5) is 7.03. The van der Waals surface area contributed by atoms with Crippen LogP contribution in [0.4, 0.5) is 51.2 Å². The summed E-state index contributed by atoms with van der Waals surface area (Å²) in [6, 6.07) is 227. The van der Waals surface area contributed by atoms with Crippen LogP contribution >= 0.6 is 0 Å². The molecule has 0 aliphatic heterocycles. The highest BCUT2D eigenvalue weighted by molar-refractivity contribution is 6.00. The van der Waals surface area contributed by atoms with Gasteiger partial charge < -0.3 is 14.7 Å². The molecular weight excluding hydrogens is 1810 g/mol. The summed E-state index contributed by atoms with van der Waals surface area (Å²) in [6.07, 6.45) is 0. The van der Waals surface area contributed by atoms with Crippen molar-refractivity contribution in [2.24, 2.45) is 0 Å². The number of hydrogen-bond donors (Lipinski definition) is 0. The van der Waals surface area contributed by atoms with Gasteiger partial charge in [-0.1, -0.05) is 510 Å². The normalized spacial score (nSPS) is 12.7. The van der Waals surface area contributed by atoms with Crippen LogP contribution in [0.2, 0.25) is 0 Å². The Labute approximate surface area is 877 Å². The van der Waals surface area contributed by atoms with Crippen LogP contribution in [0, 0.1) is 0 Å². The zero-order valence-corrected chi connectivity index (χ0v) is 82.8. The number of fused-ring (bicyclic) bond motifs is 12. The minimum atomic E-state index is -0.412. The number of benzene rings is 25. The Hall–Kier alpha value is -19.3. The van der Waals surface area contributed by atoms with Crippen LogP contribution in [-0.4, -0.2) is 0 Å². The van der Waals surface area contributed by atoms with Crippen molar-refractivity contribution in [2.45, 2.75) is 16.2 Å². The lowest BCUT2D eigenvalue weighted by Crippen LogP contribution is -2.28. The third-order valence-corrected chi connectivity index (χ3v) is 31.1. The van der Waals surface area contributed by atoms with Gasteiger partial charge in [-0.2, -0.15) is 0 Å². The number of para-hydroxylation sites is 3. The fourth-order valence-electron chi connectivity index (χ4n) is 24.4. The first-order valence-electron chi connectivity index (χ1n) is 51.9. The van der Waals surface area contributed by atoms with Gasteiger partial charge in [-0.05, 0) is 292 Å². The van der Waals surface area contributed by atoms with E-state index in [1.54, 1.807) is 0 Å². The molecule has 0 aromatic heterocycles. The SMILES string of the molecule is c1ccc(N(c2ccc(-c3ccc(C4(c5ccccc5)c5ccccc5-c5ccccc54)cc3)cc2)c2ccc(-c3cccc4ccccc34)cc2)cc1.c1ccc(N(c2ccc(-c3ccc4ccccc4c3)cc2)c2ccc(C3(c4ccccc4)c4ccccc4-c4ccccc43)cc2)cc1.c1ccc(N(c2ccc(-c3cccc4ccccc34)cc2)c2ccc(C3(c4ccccc4)c4ccccc4-c4ccccc43)cc2)cc1. The summed E-state index contributed by atoms with van der Waals surface area (Å²) in [5.41, 5.74) is 42.0. The molecule has 3 nitrogen and oxygen atoms in total. The molecule has 0 saturated carbocycles. The van der Waals surface area contributed by atoms with Crippen molar-refractivity contribution < 1.29 is 0 Å². The third kappa shape index (κ3) is 15.9. The van der Waals surface area contributed by atoms with Crippen molar-refractivity contribution in [3.8, 4) is 77.9 Å². The second-order valence-corrected chi connectivity index (χ2v) is 39.1. The Morgan fingerprint density at radius 3 is 0.593 bits per heavy atom. The van der Waals surface area contributed by atoms with E-state index < -0.39 is 16.2 Å². The predicted molar refractivity (Wildman–Crippen MR) is 630 cm³/mol. The predicted octanol–water partition coefficient (Wildman–Crippen LogP) is 38.7. The molecule has 0 bridgehead atoms. The fourth-order valence-corrected chi connectivity index (χ4v) is 24.4. The smallest absolute Gasteiger partial charge is 0.0713 e. The zero-order valence-electron chi connectivity index (χ0n) is 82.8. The number of nitrogens with zero attached hydrogens (tertiary/aromatic N) is 3. The Kier molecular flexibility index (Phi) is 23.8. The molecule has 25 aromatic rings. The first-order valence-corrected chi connectivity index (χ1v) is 51.9. The monoisotopic (exact) mass is 1910 g/mol. The average molecular weight is 1910 g/mol. The first-order chi connectivity index (χ1) is 74.4. The summed E-state index contributed by atoms with van der Waals surface area (Å²) >= 11 is 0. The Balaban J connectivity index is 0.000000114. The molecule has 3 aliphatic rings. The van der Waals surface area contributed by atoms with Crippen molar-refractivity contribution >= 4 is 83.5 Å². The van der Waals surface area contributed by atoms with Gasteiger partial charge in [-0.3, -0.25) is 0 Å². The van der Waals surface area contributed by atoms with E-state index in [1.165, 1.54) is 177 Å². The van der Waals surface area contributed by atoms with Gasteiger partial charge in [-0.15, -0.1) is 0 Å². The van der Waals surface area contributed by atoms with E-state index in [1.807, 2.05) is 0 Å². The van der Waals surface area contributed by atoms with Gasteiger partial charge in [-0.25, -0.2) is 0 Å². The van der Waals surface area contributed by atoms with Crippen LogP contribution in [0.5, 0.6) is 0 Å². The largest absolute Gasteiger partial charge is 0.311 e. The van der Waals surface area contributed by atoms with Crippen LogP contribution in [0.1, 0.15) is 66.8 Å². The molecule has 0 radical (unpaired) electrons. The van der Waals surface area contributed by atoms with Crippen LogP contribution in [-0.2, 0) is 16.2 Å². The van der Waals surface area contributed by atoms with Gasteiger partial charge in [0.1, 0.15) is 0 Å². The second-order valence-electron chi connectivity index (χ2n) is 39.1. The minimum Gasteiger partial charge on any atom is -0.311 e. The lowest BCUT2D eigenvalue weighted by atomic mass is 9.67. The molecule has 0 amide bonds. The molecule has 0 heterocycles. The van der Waals surface area contributed by atoms with Crippen LogP contribution in [0.25, 0.3) is 110 Å². The van der Waals surface area contributed by atoms with Crippen LogP contribution in [0.3, 0.4) is 0 Å². The van der Waals surface area contributed by atoms with Gasteiger partial charge in [0, 0.05) is 51.2 Å². The molecule has 3 aliphatic carbocycles. The maximum atomic E-state index is 2.35. The van der Waals surface area contributed by atoms with Crippen molar-refractivity contribution in [1.82, 2.24) is 0 Å². The Morgan fingerprint density at radius 1 is 0.107 bits per heavy atom. The molecule has 0 spiro atoms. The summed E-state index contributed by atoms with van der Waals surface area (Å²) in [5.74, 6) is 0. The Bertz CT molecular complexity index is 9030. The standard InChI is InChI=1S/C53H37N.2C47H33N/c1-3-16-42(17-4-1)53(51-24-11-9-21-49(51)50-22-10-12-25-52(50)53)43-32-26-38(27-33-43)39-28-34-45(35-29-39)54(44-18-5-2-6-19-44)46-36-30-41(31-37-46)48-23-13-15-40-14-7-8-20-47(40)48;1-3-16-36(17-4-1)47(45-24-11-9-21-43(45)44-22-10-12-25-46(44)47)37-28-32-40(33-29-37)48(38-18-5-2-6-19-38)39-30-26-35(27-31-39)42-23-13-15-34-14-7-8-20-41(34)42;1-3-15-38(16-4-1)47(45-21-11-9-19-43(45)44-20-10-12-22-46(44)47)39-27-31-42(32-28-39)48(40-17-5-2-6-18-40)41-29-25-35(26-30-41)37-24-23-34-13-7-8-14-36(34)33-37/h1-37H;2*1-33H. The van der Waals surface area contributed by atoms with Crippen LogP contribution < -0.4 is 14.7 Å². The maximum absolute atomic E-state index is 2.35. The van der Waals surface area contributed by atoms with Crippen molar-refractivity contribution in [3.05, 3.63) is 692 Å². The van der Waals surface area contributed by atoms with E-state index >= 15 is 0 Å². The number of rotatable bonds is 19. The van der Waals surface area contributed by atoms with E-state index in [-0.39, 0.29) is 0 Å². The molecule has 0 unspecified atom stereocenters. The molecule has 3 heteroatoms. The second kappa shape index (κ2) is 39.3. The molecule has 150 heavy (non-hydrogen) atoms. The number of anilines is 9. The summed E-state index contributed by atoms with van der Waals surface area (Å²) < 4.78 is 0. The minimum absolute atomic E-state index is 0.393. The third-order valence-electron chi connectivity index (χ3n) is 31.1. The topological polar surface area (TPSA) is 9.72 Å². The highest BCUT2D eigenvalue weighted by Crippen LogP contribution is 2.61. The van der Waals surface area contributed by atoms with Gasteiger partial charge in [0.25, 0.3) is 0 Å². The molecule has 0 N–H and O–H groups in total. The number of hydrogen-bond acceptors (Lipinski definition) is 3. The van der Waals surface area contributed by atoms with Crippen LogP contribution in [0.15, 0.2) is 625 Å². The highest BCUT2D eigenvalue weighted by atomic mass is 15.2. The lowest BCUT2D eigenvalue weighted by Gasteiger charge is -2.34. The molecule has 25 aromatic carbocycles. The van der Waals surface area contributed by atoms with E-state index in [2.05, 4.69) is 640 Å². The first kappa shape index (κ1) is 90.7. The summed E-state index contributed by atoms with van der Waals surface area (Å²) in [7, 11) is 0. The zero-order chi connectivity index (χ0) is 99.7. The highest BCUT2D eigenvalue weighted by Gasteiger charge is 2.49. The van der Waals surface area contributed by atoms with Crippen molar-refractivity contribution in [1.29, 1.82) is 0 Å². The van der Waals surface area contributed by atoms with Crippen molar-refractivity contribution in [2.75, 3.05) is 14.7 Å². The van der Waals surface area contributed by atoms with E-state index in [0.717, 1.165) is 51.2 Å². The van der Waals surface area contributed by atoms with E-state index in [4.69, 9.17) is 0 Å². The van der Waals surface area contributed by atoms with E-state index in [9.17, 15) is 0 Å². The van der Waals surface area contributed by atoms with Gasteiger partial charge >= 0.3 is 0 Å². The average Bonchev–Trinajstić information content (AvgIpc) is 1.55. The summed E-state index contributed by atoms with van der Waals surface area (Å²) in [5, 5.41) is 7.56. The lowest BCUT2D eigenvalue weighted by molar-refractivity contribution is 0.768. The molecule has 0 fully saturated rings. The summed E-state index contributed by atoms with van der Waals surface area (Å²) in [6.45, 7) is 0. The Morgan fingerprint density at radius 2 is 0.293 bits per heavy atom. The van der Waals surface area contributed by atoms with Gasteiger partial charge in [0.05, 0.1) is 16.2 Å². The molecule has 0 saturated heterocycles.